The number of ketones is 1. The standard InChI is InChI=1S/C17H25N2OP/c1-11-8-16(15-10-13(20)5-4-12(15)2)18-17(9-11)19(3)21-14-6-7-14/h8-9,12,14-15,21H,4-7,10H2,1-3H3. The second kappa shape index (κ2) is 6.04. The molecule has 21 heavy (non-hydrogen) atoms. The van der Waals surface area contributed by atoms with Gasteiger partial charge in [-0.3, -0.25) is 4.79 Å². The molecule has 2 aliphatic rings. The highest BCUT2D eigenvalue weighted by Crippen LogP contribution is 2.43. The smallest absolute Gasteiger partial charge is 0.133 e. The van der Waals surface area contributed by atoms with E-state index in [4.69, 9.17) is 4.98 Å². The molecule has 0 aliphatic heterocycles. The molecule has 0 amide bonds. The summed E-state index contributed by atoms with van der Waals surface area (Å²) in [6.07, 6.45) is 5.17. The first kappa shape index (κ1) is 15.0. The van der Waals surface area contributed by atoms with E-state index in [1.165, 1.54) is 18.4 Å². The van der Waals surface area contributed by atoms with Crippen LogP contribution in [0.25, 0.3) is 0 Å². The van der Waals surface area contributed by atoms with E-state index in [-0.39, 0.29) is 0 Å². The van der Waals surface area contributed by atoms with Gasteiger partial charge in [-0.1, -0.05) is 6.92 Å². The molecule has 0 N–H and O–H groups in total. The van der Waals surface area contributed by atoms with Crippen molar-refractivity contribution in [1.29, 1.82) is 0 Å². The Balaban J connectivity index is 1.83. The summed E-state index contributed by atoms with van der Waals surface area (Å²) >= 11 is 0. The Labute approximate surface area is 129 Å². The lowest BCUT2D eigenvalue weighted by molar-refractivity contribution is -0.121. The van der Waals surface area contributed by atoms with Crippen molar-refractivity contribution in [2.75, 3.05) is 11.7 Å². The molecular weight excluding hydrogens is 279 g/mol. The first-order valence-corrected chi connectivity index (χ1v) is 9.05. The van der Waals surface area contributed by atoms with Crippen molar-refractivity contribution in [2.45, 2.75) is 57.5 Å². The summed E-state index contributed by atoms with van der Waals surface area (Å²) in [6, 6.07) is 4.35. The average molecular weight is 304 g/mol. The Bertz CT molecular complexity index is 542. The van der Waals surface area contributed by atoms with Gasteiger partial charge >= 0.3 is 0 Å². The average Bonchev–Trinajstić information content (AvgIpc) is 3.24. The number of nitrogens with zero attached hydrogens (tertiary/aromatic N) is 2. The first-order chi connectivity index (χ1) is 10.0. The molecule has 0 radical (unpaired) electrons. The number of carbonyl (C=O) groups excluding carboxylic acids is 1. The number of hydrogen-bond donors (Lipinski definition) is 0. The van der Waals surface area contributed by atoms with Gasteiger partial charge in [0, 0.05) is 31.5 Å². The van der Waals surface area contributed by atoms with Gasteiger partial charge in [-0.25, -0.2) is 4.98 Å². The normalized spacial score (nSPS) is 26.5. The quantitative estimate of drug-likeness (QED) is 0.787. The lowest BCUT2D eigenvalue weighted by atomic mass is 9.77. The number of Topliss-reactive ketones (excluding diaryl/α,β-unsaturated/α-hetero) is 1. The maximum atomic E-state index is 11.8. The largest absolute Gasteiger partial charge is 0.341 e. The predicted octanol–water partition coefficient (Wildman–Crippen LogP) is 4.05. The van der Waals surface area contributed by atoms with E-state index < -0.39 is 0 Å². The van der Waals surface area contributed by atoms with E-state index in [1.807, 2.05) is 0 Å². The number of carbonyl (C=O) groups is 1. The Kier molecular flexibility index (Phi) is 4.31. The molecule has 1 heterocycles. The molecule has 114 valence electrons. The van der Waals surface area contributed by atoms with Crippen LogP contribution in [0.3, 0.4) is 0 Å². The number of aromatic nitrogens is 1. The van der Waals surface area contributed by atoms with E-state index in [2.05, 4.69) is 37.7 Å². The fourth-order valence-electron chi connectivity index (χ4n) is 3.12. The van der Waals surface area contributed by atoms with Gasteiger partial charge in [0.25, 0.3) is 0 Å². The monoisotopic (exact) mass is 304 g/mol. The summed E-state index contributed by atoms with van der Waals surface area (Å²) in [5.41, 5.74) is 3.27. The SMILES string of the molecule is Cc1cc(C2CC(=O)CCC2C)nc(N(C)PC2CC2)c1. The maximum Gasteiger partial charge on any atom is 0.133 e. The highest BCUT2D eigenvalue weighted by atomic mass is 31.1. The van der Waals surface area contributed by atoms with Crippen molar-refractivity contribution in [1.82, 2.24) is 4.98 Å². The van der Waals surface area contributed by atoms with Gasteiger partial charge in [0.15, 0.2) is 0 Å². The highest BCUT2D eigenvalue weighted by Gasteiger charge is 2.29. The molecule has 0 aromatic carbocycles. The second-order valence-corrected chi connectivity index (χ2v) is 8.50. The number of anilines is 1. The zero-order valence-electron chi connectivity index (χ0n) is 13.2. The van der Waals surface area contributed by atoms with Crippen molar-refractivity contribution in [3.05, 3.63) is 23.4 Å². The van der Waals surface area contributed by atoms with Crippen molar-refractivity contribution in [3.8, 4) is 0 Å². The molecule has 2 fully saturated rings. The van der Waals surface area contributed by atoms with Crippen molar-refractivity contribution in [2.24, 2.45) is 5.92 Å². The minimum Gasteiger partial charge on any atom is -0.341 e. The Morgan fingerprint density at radius 1 is 1.29 bits per heavy atom. The number of pyridine rings is 1. The van der Waals surface area contributed by atoms with Crippen LogP contribution in [-0.4, -0.2) is 23.5 Å². The summed E-state index contributed by atoms with van der Waals surface area (Å²) in [4.78, 5) is 16.7. The molecule has 0 saturated heterocycles. The summed E-state index contributed by atoms with van der Waals surface area (Å²) in [5.74, 6) is 2.35. The van der Waals surface area contributed by atoms with Crippen LogP contribution in [0, 0.1) is 12.8 Å². The summed E-state index contributed by atoms with van der Waals surface area (Å²) in [7, 11) is 3.00. The third-order valence-corrected chi connectivity index (χ3v) is 6.22. The zero-order chi connectivity index (χ0) is 15.0. The van der Waals surface area contributed by atoms with Crippen molar-refractivity contribution in [3.63, 3.8) is 0 Å². The molecule has 1 aromatic rings. The first-order valence-electron chi connectivity index (χ1n) is 8.03. The zero-order valence-corrected chi connectivity index (χ0v) is 14.2. The van der Waals surface area contributed by atoms with Gasteiger partial charge < -0.3 is 4.67 Å². The van der Waals surface area contributed by atoms with E-state index in [9.17, 15) is 4.79 Å². The molecule has 3 unspecified atom stereocenters. The van der Waals surface area contributed by atoms with E-state index in [0.29, 0.717) is 24.0 Å². The van der Waals surface area contributed by atoms with Crippen LogP contribution in [-0.2, 0) is 4.79 Å². The molecule has 2 aliphatic carbocycles. The van der Waals surface area contributed by atoms with E-state index >= 15 is 0 Å². The van der Waals surface area contributed by atoms with Gasteiger partial charge in [0.2, 0.25) is 0 Å². The lowest BCUT2D eigenvalue weighted by Gasteiger charge is -2.29. The van der Waals surface area contributed by atoms with Crippen molar-refractivity contribution < 1.29 is 4.79 Å². The molecule has 3 atom stereocenters. The van der Waals surface area contributed by atoms with Crippen LogP contribution in [0.2, 0.25) is 0 Å². The van der Waals surface area contributed by atoms with Gasteiger partial charge in [0.1, 0.15) is 11.6 Å². The predicted molar refractivity (Wildman–Crippen MR) is 89.5 cm³/mol. The van der Waals surface area contributed by atoms with Crippen LogP contribution >= 0.6 is 8.73 Å². The highest BCUT2D eigenvalue weighted by molar-refractivity contribution is 7.41. The molecule has 3 nitrogen and oxygen atoms in total. The summed E-state index contributed by atoms with van der Waals surface area (Å²) in [6.45, 7) is 4.40. The molecule has 3 rings (SSSR count). The fraction of sp³-hybridized carbons (Fsp3) is 0.647. The van der Waals surface area contributed by atoms with Crippen LogP contribution in [0.4, 0.5) is 5.82 Å². The third-order valence-electron chi connectivity index (χ3n) is 4.67. The molecular formula is C17H25N2OP. The van der Waals surface area contributed by atoms with Crippen LogP contribution in [0.15, 0.2) is 12.1 Å². The number of aryl methyl sites for hydroxylation is 1. The minimum absolute atomic E-state index is 0.308. The lowest BCUT2D eigenvalue weighted by Crippen LogP contribution is -2.22. The van der Waals surface area contributed by atoms with Crippen LogP contribution in [0.1, 0.15) is 56.2 Å². The number of rotatable bonds is 4. The van der Waals surface area contributed by atoms with Crippen LogP contribution in [0.5, 0.6) is 0 Å². The van der Waals surface area contributed by atoms with Gasteiger partial charge in [0.05, 0.1) is 0 Å². The molecule has 4 heteroatoms. The minimum atomic E-state index is 0.308. The summed E-state index contributed by atoms with van der Waals surface area (Å²) in [5, 5.41) is 0. The van der Waals surface area contributed by atoms with E-state index in [0.717, 1.165) is 38.7 Å². The maximum absolute atomic E-state index is 11.8. The molecule has 0 spiro atoms. The molecule has 1 aromatic heterocycles. The molecule has 2 saturated carbocycles. The third kappa shape index (κ3) is 3.63. The van der Waals surface area contributed by atoms with Gasteiger partial charge in [-0.05, 0) is 64.2 Å². The molecule has 0 bridgehead atoms. The summed E-state index contributed by atoms with van der Waals surface area (Å²) < 4.78 is 2.31. The Hall–Kier alpha value is -0.950. The van der Waals surface area contributed by atoms with Gasteiger partial charge in [-0.2, -0.15) is 0 Å². The van der Waals surface area contributed by atoms with Gasteiger partial charge in [-0.15, -0.1) is 0 Å². The second-order valence-electron chi connectivity index (χ2n) is 6.76. The van der Waals surface area contributed by atoms with E-state index in [1.54, 1.807) is 0 Å². The Morgan fingerprint density at radius 3 is 2.76 bits per heavy atom. The van der Waals surface area contributed by atoms with Crippen molar-refractivity contribution >= 4 is 20.3 Å². The Morgan fingerprint density at radius 2 is 2.05 bits per heavy atom. The van der Waals surface area contributed by atoms with Crippen LogP contribution < -0.4 is 4.67 Å². The topological polar surface area (TPSA) is 33.2 Å². The fourth-order valence-corrected chi connectivity index (χ4v) is 4.34. The number of hydrogen-bond acceptors (Lipinski definition) is 3.